The van der Waals surface area contributed by atoms with E-state index in [9.17, 15) is 0 Å². The molecular weight excluding hydrogens is 226 g/mol. The van der Waals surface area contributed by atoms with Crippen molar-refractivity contribution >= 4 is 5.82 Å². The highest BCUT2D eigenvalue weighted by Gasteiger charge is 2.17. The maximum absolute atomic E-state index is 6.12. The van der Waals surface area contributed by atoms with Gasteiger partial charge in [0.05, 0.1) is 6.20 Å². The Labute approximate surface area is 108 Å². The summed E-state index contributed by atoms with van der Waals surface area (Å²) in [7, 11) is 1.95. The lowest BCUT2D eigenvalue weighted by Crippen LogP contribution is -2.02. The topological polar surface area (TPSA) is 61.7 Å². The van der Waals surface area contributed by atoms with Gasteiger partial charge in [-0.25, -0.2) is 4.98 Å². The molecule has 0 saturated heterocycles. The van der Waals surface area contributed by atoms with Crippen molar-refractivity contribution in [3.8, 4) is 11.3 Å². The molecule has 0 unspecified atom stereocenters. The molecule has 0 fully saturated rings. The van der Waals surface area contributed by atoms with Gasteiger partial charge in [0.1, 0.15) is 17.3 Å². The molecule has 5 heteroatoms. The minimum atomic E-state index is 0.341. The van der Waals surface area contributed by atoms with E-state index < -0.39 is 0 Å². The van der Waals surface area contributed by atoms with Crippen LogP contribution in [0.3, 0.4) is 0 Å². The number of nitrogens with zero attached hydrogens (tertiary/aromatic N) is 4. The molecule has 0 aliphatic rings. The fourth-order valence-corrected chi connectivity index (χ4v) is 2.00. The normalized spacial score (nSPS) is 11.7. The van der Waals surface area contributed by atoms with Crippen molar-refractivity contribution in [2.45, 2.75) is 39.7 Å². The van der Waals surface area contributed by atoms with Crippen LogP contribution in [-0.4, -0.2) is 19.3 Å². The lowest BCUT2D eigenvalue weighted by Gasteiger charge is -2.04. The van der Waals surface area contributed by atoms with Crippen molar-refractivity contribution in [1.82, 2.24) is 19.3 Å². The molecule has 0 bridgehead atoms. The molecule has 0 aromatic carbocycles. The zero-order valence-corrected chi connectivity index (χ0v) is 11.7. The molecule has 2 rings (SSSR count). The quantitative estimate of drug-likeness (QED) is 0.906. The summed E-state index contributed by atoms with van der Waals surface area (Å²) in [5, 5.41) is 4.33. The minimum Gasteiger partial charge on any atom is -0.383 e. The highest BCUT2D eigenvalue weighted by atomic mass is 15.3. The first-order valence-electron chi connectivity index (χ1n) is 6.28. The van der Waals surface area contributed by atoms with Crippen LogP contribution in [0.2, 0.25) is 0 Å². The Balaban J connectivity index is 2.47. The number of hydrogen-bond donors (Lipinski definition) is 1. The molecule has 2 heterocycles. The van der Waals surface area contributed by atoms with Gasteiger partial charge in [-0.3, -0.25) is 4.68 Å². The Kier molecular flexibility index (Phi) is 3.15. The lowest BCUT2D eigenvalue weighted by molar-refractivity contribution is 0.532. The standard InChI is InChI=1S/C13H21N5/c1-8(2)13-16-11(12(14)17(13)5)10-6-15-18(7-10)9(3)4/h6-9H,14H2,1-5H3. The van der Waals surface area contributed by atoms with E-state index in [0.29, 0.717) is 17.8 Å². The summed E-state index contributed by atoms with van der Waals surface area (Å²) in [4.78, 5) is 4.64. The number of nitrogens with two attached hydrogens (primary N) is 1. The first kappa shape index (κ1) is 12.7. The Hall–Kier alpha value is -1.78. The monoisotopic (exact) mass is 247 g/mol. The summed E-state index contributed by atoms with van der Waals surface area (Å²) in [6.07, 6.45) is 3.82. The third-order valence-electron chi connectivity index (χ3n) is 3.09. The smallest absolute Gasteiger partial charge is 0.131 e. The van der Waals surface area contributed by atoms with Crippen molar-refractivity contribution < 1.29 is 0 Å². The number of aromatic nitrogens is 4. The van der Waals surface area contributed by atoms with Crippen LogP contribution >= 0.6 is 0 Å². The summed E-state index contributed by atoms with van der Waals surface area (Å²) >= 11 is 0. The van der Waals surface area contributed by atoms with Gasteiger partial charge in [0.2, 0.25) is 0 Å². The fourth-order valence-electron chi connectivity index (χ4n) is 2.00. The zero-order valence-electron chi connectivity index (χ0n) is 11.7. The SMILES string of the molecule is CC(C)c1nc(-c2cnn(C(C)C)c2)c(N)n1C. The molecule has 98 valence electrons. The average molecular weight is 247 g/mol. The second kappa shape index (κ2) is 4.48. The van der Waals surface area contributed by atoms with Crippen molar-refractivity contribution in [3.63, 3.8) is 0 Å². The van der Waals surface area contributed by atoms with E-state index >= 15 is 0 Å². The Morgan fingerprint density at radius 3 is 2.33 bits per heavy atom. The van der Waals surface area contributed by atoms with E-state index in [1.807, 2.05) is 28.7 Å². The van der Waals surface area contributed by atoms with Crippen LogP contribution < -0.4 is 5.73 Å². The summed E-state index contributed by atoms with van der Waals surface area (Å²) in [5.41, 5.74) is 7.92. The van der Waals surface area contributed by atoms with E-state index in [0.717, 1.165) is 17.1 Å². The fraction of sp³-hybridized carbons (Fsp3) is 0.538. The van der Waals surface area contributed by atoms with Gasteiger partial charge in [-0.15, -0.1) is 0 Å². The van der Waals surface area contributed by atoms with E-state index in [2.05, 4.69) is 37.8 Å². The number of hydrogen-bond acceptors (Lipinski definition) is 3. The first-order chi connectivity index (χ1) is 8.41. The van der Waals surface area contributed by atoms with E-state index in [1.165, 1.54) is 0 Å². The first-order valence-corrected chi connectivity index (χ1v) is 6.28. The number of nitrogen functional groups attached to an aromatic ring is 1. The van der Waals surface area contributed by atoms with E-state index in [1.54, 1.807) is 0 Å². The molecular formula is C13H21N5. The van der Waals surface area contributed by atoms with Gasteiger partial charge in [-0.05, 0) is 13.8 Å². The third-order valence-corrected chi connectivity index (χ3v) is 3.09. The maximum Gasteiger partial charge on any atom is 0.131 e. The van der Waals surface area contributed by atoms with Crippen LogP contribution in [0.1, 0.15) is 45.5 Å². The van der Waals surface area contributed by atoms with Crippen molar-refractivity contribution in [3.05, 3.63) is 18.2 Å². The molecule has 0 atom stereocenters. The molecule has 0 aliphatic carbocycles. The van der Waals surface area contributed by atoms with Gasteiger partial charge in [0, 0.05) is 30.8 Å². The van der Waals surface area contributed by atoms with Gasteiger partial charge in [0.25, 0.3) is 0 Å². The van der Waals surface area contributed by atoms with Crippen LogP contribution in [0.5, 0.6) is 0 Å². The summed E-state index contributed by atoms with van der Waals surface area (Å²) in [5.74, 6) is 2.05. The second-order valence-electron chi connectivity index (χ2n) is 5.22. The van der Waals surface area contributed by atoms with Crippen LogP contribution in [0, 0.1) is 0 Å². The summed E-state index contributed by atoms with van der Waals surface area (Å²) < 4.78 is 3.87. The minimum absolute atomic E-state index is 0.341. The van der Waals surface area contributed by atoms with Crippen LogP contribution in [0.4, 0.5) is 5.82 Å². The lowest BCUT2D eigenvalue weighted by atomic mass is 10.2. The highest BCUT2D eigenvalue weighted by molar-refractivity contribution is 5.70. The molecule has 18 heavy (non-hydrogen) atoms. The molecule has 0 amide bonds. The summed E-state index contributed by atoms with van der Waals surface area (Å²) in [6.45, 7) is 8.42. The van der Waals surface area contributed by atoms with Crippen LogP contribution in [0.25, 0.3) is 11.3 Å². The van der Waals surface area contributed by atoms with Gasteiger partial charge in [0.15, 0.2) is 0 Å². The predicted molar refractivity (Wildman–Crippen MR) is 73.3 cm³/mol. The number of imidazole rings is 1. The predicted octanol–water partition coefficient (Wildman–Crippen LogP) is 2.57. The molecule has 0 aliphatic heterocycles. The van der Waals surface area contributed by atoms with Gasteiger partial charge >= 0.3 is 0 Å². The molecule has 2 aromatic heterocycles. The molecule has 0 spiro atoms. The Bertz CT molecular complexity index is 548. The molecule has 2 N–H and O–H groups in total. The van der Waals surface area contributed by atoms with E-state index in [-0.39, 0.29) is 0 Å². The largest absolute Gasteiger partial charge is 0.383 e. The van der Waals surface area contributed by atoms with E-state index in [4.69, 9.17) is 5.73 Å². The van der Waals surface area contributed by atoms with Gasteiger partial charge in [-0.2, -0.15) is 5.10 Å². The maximum atomic E-state index is 6.12. The van der Waals surface area contributed by atoms with Crippen molar-refractivity contribution in [1.29, 1.82) is 0 Å². The second-order valence-corrected chi connectivity index (χ2v) is 5.22. The summed E-state index contributed by atoms with van der Waals surface area (Å²) in [6, 6.07) is 0.341. The number of rotatable bonds is 3. The van der Waals surface area contributed by atoms with Crippen LogP contribution in [0.15, 0.2) is 12.4 Å². The Morgan fingerprint density at radius 1 is 1.22 bits per heavy atom. The molecule has 2 aromatic rings. The van der Waals surface area contributed by atoms with Gasteiger partial charge in [-0.1, -0.05) is 13.8 Å². The zero-order chi connectivity index (χ0) is 13.4. The highest BCUT2D eigenvalue weighted by Crippen LogP contribution is 2.28. The molecule has 0 radical (unpaired) electrons. The molecule has 0 saturated carbocycles. The van der Waals surface area contributed by atoms with Crippen molar-refractivity contribution in [2.75, 3.05) is 5.73 Å². The molecule has 5 nitrogen and oxygen atoms in total. The number of anilines is 1. The third kappa shape index (κ3) is 2.00. The Morgan fingerprint density at radius 2 is 1.89 bits per heavy atom. The van der Waals surface area contributed by atoms with Crippen LogP contribution in [-0.2, 0) is 7.05 Å². The van der Waals surface area contributed by atoms with Gasteiger partial charge < -0.3 is 10.3 Å². The van der Waals surface area contributed by atoms with Crippen molar-refractivity contribution in [2.24, 2.45) is 7.05 Å². The average Bonchev–Trinajstić information content (AvgIpc) is 2.86.